The van der Waals surface area contributed by atoms with E-state index in [0.717, 1.165) is 0 Å². The van der Waals surface area contributed by atoms with E-state index in [1.165, 1.54) is 7.11 Å². The highest BCUT2D eigenvalue weighted by Gasteiger charge is 2.29. The first kappa shape index (κ1) is 13.7. The molecule has 15 heavy (non-hydrogen) atoms. The molecule has 0 aromatic heterocycles. The van der Waals surface area contributed by atoms with Gasteiger partial charge in [-0.15, -0.1) is 0 Å². The molecule has 0 spiro atoms. The molecule has 1 atom stereocenters. The van der Waals surface area contributed by atoms with E-state index in [2.05, 4.69) is 10.5 Å². The van der Waals surface area contributed by atoms with Gasteiger partial charge in [0.15, 0.2) is 5.84 Å². The summed E-state index contributed by atoms with van der Waals surface area (Å²) >= 11 is 0. The van der Waals surface area contributed by atoms with E-state index in [4.69, 9.17) is 15.7 Å². The van der Waals surface area contributed by atoms with Gasteiger partial charge < -0.3 is 21.0 Å². The molecule has 0 aliphatic heterocycles. The molecule has 0 rings (SSSR count). The summed E-state index contributed by atoms with van der Waals surface area (Å²) in [7, 11) is 1.52. The molecule has 6 nitrogen and oxygen atoms in total. The van der Waals surface area contributed by atoms with Crippen LogP contribution in [0.2, 0.25) is 0 Å². The number of oxime groups is 1. The van der Waals surface area contributed by atoms with E-state index in [-0.39, 0.29) is 18.2 Å². The number of amidine groups is 1. The normalized spacial score (nSPS) is 15.8. The van der Waals surface area contributed by atoms with E-state index in [1.807, 2.05) is 6.92 Å². The molecule has 0 heterocycles. The summed E-state index contributed by atoms with van der Waals surface area (Å²) in [5.74, 6) is -0.191. The zero-order chi connectivity index (χ0) is 11.9. The highest BCUT2D eigenvalue weighted by atomic mass is 16.5. The zero-order valence-corrected chi connectivity index (χ0v) is 9.41. The number of carbonyl (C=O) groups excluding carboxylic acids is 1. The number of ether oxygens (including phenoxy) is 1. The molecule has 0 aromatic rings. The molecule has 0 aliphatic carbocycles. The van der Waals surface area contributed by atoms with Crippen molar-refractivity contribution >= 4 is 11.7 Å². The number of rotatable bonds is 6. The van der Waals surface area contributed by atoms with Gasteiger partial charge in [0.25, 0.3) is 0 Å². The van der Waals surface area contributed by atoms with Crippen molar-refractivity contribution in [3.8, 4) is 0 Å². The quantitative estimate of drug-likeness (QED) is 0.253. The Balaban J connectivity index is 4.38. The summed E-state index contributed by atoms with van der Waals surface area (Å²) in [6, 6.07) is 0. The molecule has 0 saturated carbocycles. The molecule has 0 radical (unpaired) electrons. The molecule has 0 bridgehead atoms. The van der Waals surface area contributed by atoms with Crippen LogP contribution in [0.1, 0.15) is 26.7 Å². The Morgan fingerprint density at radius 3 is 2.67 bits per heavy atom. The number of nitrogens with two attached hydrogens (primary N) is 1. The third kappa shape index (κ3) is 4.16. The van der Waals surface area contributed by atoms with Gasteiger partial charge in [-0.05, 0) is 13.3 Å². The second kappa shape index (κ2) is 6.23. The van der Waals surface area contributed by atoms with Crippen LogP contribution in [0.5, 0.6) is 0 Å². The monoisotopic (exact) mass is 217 g/mol. The van der Waals surface area contributed by atoms with Crippen molar-refractivity contribution in [2.75, 3.05) is 13.7 Å². The van der Waals surface area contributed by atoms with Crippen molar-refractivity contribution in [2.45, 2.75) is 32.2 Å². The Hall–Kier alpha value is -1.30. The first-order valence-electron chi connectivity index (χ1n) is 4.78. The van der Waals surface area contributed by atoms with Crippen molar-refractivity contribution in [3.05, 3.63) is 0 Å². The molecule has 4 N–H and O–H groups in total. The highest BCUT2D eigenvalue weighted by Crippen LogP contribution is 2.09. The summed E-state index contributed by atoms with van der Waals surface area (Å²) in [6.07, 6.45) is 0.798. The topological polar surface area (TPSA) is 96.9 Å². The maximum absolute atomic E-state index is 11.4. The number of hydrogen-bond acceptors (Lipinski definition) is 4. The lowest BCUT2D eigenvalue weighted by Crippen LogP contribution is -2.55. The number of amides is 1. The summed E-state index contributed by atoms with van der Waals surface area (Å²) in [6.45, 7) is 3.89. The first-order valence-corrected chi connectivity index (χ1v) is 4.78. The lowest BCUT2D eigenvalue weighted by atomic mass is 9.97. The number of carbonyl (C=O) groups is 1. The van der Waals surface area contributed by atoms with E-state index in [1.54, 1.807) is 6.92 Å². The van der Waals surface area contributed by atoms with E-state index in [9.17, 15) is 4.79 Å². The van der Waals surface area contributed by atoms with E-state index < -0.39 is 5.54 Å². The number of hydrogen-bond donors (Lipinski definition) is 3. The van der Waals surface area contributed by atoms with Crippen molar-refractivity contribution in [3.63, 3.8) is 0 Å². The molecule has 6 heteroatoms. The second-order valence-electron chi connectivity index (χ2n) is 3.46. The van der Waals surface area contributed by atoms with Crippen LogP contribution in [0, 0.1) is 0 Å². The van der Waals surface area contributed by atoms with Gasteiger partial charge in [0.05, 0.1) is 12.1 Å². The maximum atomic E-state index is 11.4. The summed E-state index contributed by atoms with van der Waals surface area (Å²) in [5, 5.41) is 14.2. The minimum Gasteiger partial charge on any atom is -0.409 e. The van der Waals surface area contributed by atoms with Crippen molar-refractivity contribution in [1.29, 1.82) is 0 Å². The highest BCUT2D eigenvalue weighted by molar-refractivity contribution is 5.93. The number of nitrogens with zero attached hydrogens (tertiary/aromatic N) is 1. The van der Waals surface area contributed by atoms with Gasteiger partial charge in [0.1, 0.15) is 0 Å². The fraction of sp³-hybridized carbons (Fsp3) is 0.778. The van der Waals surface area contributed by atoms with Crippen molar-refractivity contribution in [1.82, 2.24) is 5.32 Å². The molecule has 0 aliphatic rings. The Morgan fingerprint density at radius 2 is 2.27 bits per heavy atom. The minimum atomic E-state index is -0.806. The third-order valence-electron chi connectivity index (χ3n) is 2.33. The number of methoxy groups -OCH3 is 1. The van der Waals surface area contributed by atoms with Gasteiger partial charge in [-0.3, -0.25) is 4.79 Å². The molecule has 88 valence electrons. The molecular weight excluding hydrogens is 198 g/mol. The van der Waals surface area contributed by atoms with Crippen LogP contribution in [0.3, 0.4) is 0 Å². The lowest BCUT2D eigenvalue weighted by Gasteiger charge is -2.27. The summed E-state index contributed by atoms with van der Waals surface area (Å²) in [4.78, 5) is 11.4. The zero-order valence-electron chi connectivity index (χ0n) is 9.41. The lowest BCUT2D eigenvalue weighted by molar-refractivity contribution is -0.123. The second-order valence-corrected chi connectivity index (χ2v) is 3.46. The fourth-order valence-corrected chi connectivity index (χ4v) is 1.01. The Kier molecular flexibility index (Phi) is 5.69. The average Bonchev–Trinajstić information content (AvgIpc) is 2.24. The van der Waals surface area contributed by atoms with Crippen LogP contribution in [0.15, 0.2) is 5.16 Å². The van der Waals surface area contributed by atoms with Crippen molar-refractivity contribution in [2.24, 2.45) is 10.9 Å². The Morgan fingerprint density at radius 1 is 1.67 bits per heavy atom. The van der Waals surface area contributed by atoms with Gasteiger partial charge in [-0.1, -0.05) is 12.1 Å². The van der Waals surface area contributed by atoms with Gasteiger partial charge in [0, 0.05) is 13.5 Å². The smallest absolute Gasteiger partial charge is 0.223 e. The number of nitrogens with one attached hydrogen (secondary N) is 1. The largest absolute Gasteiger partial charge is 0.409 e. The molecule has 1 amide bonds. The standard InChI is InChI=1S/C9H19N3O3/c1-4-9(2,8(10)12-14)11-7(13)5-6-15-3/h14H,4-6H2,1-3H3,(H2,10,12)(H,11,13). The predicted molar refractivity (Wildman–Crippen MR) is 56.7 cm³/mol. The fourth-order valence-electron chi connectivity index (χ4n) is 1.01. The van der Waals surface area contributed by atoms with Crippen LogP contribution in [0.25, 0.3) is 0 Å². The van der Waals surface area contributed by atoms with Gasteiger partial charge in [0.2, 0.25) is 5.91 Å². The Bertz CT molecular complexity index is 243. The molecule has 0 aromatic carbocycles. The molecule has 0 saturated heterocycles. The Labute approximate surface area is 89.5 Å². The SMILES string of the molecule is CCC(C)(NC(=O)CCOC)C(N)=NO. The summed E-state index contributed by atoms with van der Waals surface area (Å²) in [5.41, 5.74) is 4.69. The van der Waals surface area contributed by atoms with Gasteiger partial charge in [-0.25, -0.2) is 0 Å². The van der Waals surface area contributed by atoms with Crippen LogP contribution in [-0.2, 0) is 9.53 Å². The molecular formula is C9H19N3O3. The first-order chi connectivity index (χ1) is 7.00. The van der Waals surface area contributed by atoms with Crippen LogP contribution in [-0.4, -0.2) is 36.2 Å². The minimum absolute atomic E-state index is 0.00392. The van der Waals surface area contributed by atoms with Crippen LogP contribution in [0.4, 0.5) is 0 Å². The summed E-state index contributed by atoms with van der Waals surface area (Å²) < 4.78 is 4.78. The molecule has 0 fully saturated rings. The van der Waals surface area contributed by atoms with Crippen LogP contribution >= 0.6 is 0 Å². The van der Waals surface area contributed by atoms with Crippen molar-refractivity contribution < 1.29 is 14.7 Å². The van der Waals surface area contributed by atoms with Gasteiger partial charge in [-0.2, -0.15) is 0 Å². The average molecular weight is 217 g/mol. The van der Waals surface area contributed by atoms with Gasteiger partial charge >= 0.3 is 0 Å². The predicted octanol–water partition coefficient (Wildman–Crippen LogP) is 0.0542. The van der Waals surface area contributed by atoms with Crippen LogP contribution < -0.4 is 11.1 Å². The molecule has 1 unspecified atom stereocenters. The van der Waals surface area contributed by atoms with E-state index in [0.29, 0.717) is 13.0 Å². The maximum Gasteiger partial charge on any atom is 0.223 e. The third-order valence-corrected chi connectivity index (χ3v) is 2.33. The van der Waals surface area contributed by atoms with E-state index >= 15 is 0 Å².